The fraction of sp³-hybridized carbons (Fsp3) is 0.233. The molecule has 2 heterocycles. The van der Waals surface area contributed by atoms with E-state index in [4.69, 9.17) is 0 Å². The van der Waals surface area contributed by atoms with Gasteiger partial charge in [0.05, 0.1) is 17.1 Å². The minimum absolute atomic E-state index is 0.106. The summed E-state index contributed by atoms with van der Waals surface area (Å²) in [6, 6.07) is 20.1. The van der Waals surface area contributed by atoms with Crippen LogP contribution in [0.1, 0.15) is 24.5 Å². The van der Waals surface area contributed by atoms with Gasteiger partial charge < -0.3 is 10.1 Å². The number of carbonyl (C=O) groups excluding carboxylic acids is 2. The van der Waals surface area contributed by atoms with Crippen LogP contribution >= 0.6 is 11.8 Å². The summed E-state index contributed by atoms with van der Waals surface area (Å²) in [6.45, 7) is 2.41. The number of nitrogens with zero attached hydrogens (tertiary/aromatic N) is 5. The topological polar surface area (TPSA) is 102 Å². The van der Waals surface area contributed by atoms with Crippen LogP contribution in [-0.2, 0) is 17.6 Å². The van der Waals surface area contributed by atoms with Gasteiger partial charge in [-0.25, -0.2) is 14.5 Å². The van der Waals surface area contributed by atoms with E-state index in [1.54, 1.807) is 0 Å². The van der Waals surface area contributed by atoms with E-state index in [0.29, 0.717) is 36.1 Å². The predicted octanol–water partition coefficient (Wildman–Crippen LogP) is 6.17. The van der Waals surface area contributed by atoms with E-state index in [2.05, 4.69) is 25.1 Å². The van der Waals surface area contributed by atoms with E-state index in [9.17, 15) is 22.8 Å². The van der Waals surface area contributed by atoms with Crippen LogP contribution in [0, 0.1) is 0 Å². The number of para-hydroxylation sites is 1. The average Bonchev–Trinajstić information content (AvgIpc) is 3.62. The third kappa shape index (κ3) is 7.60. The number of thioether (sulfide) groups is 1. The van der Waals surface area contributed by atoms with Crippen molar-refractivity contribution in [1.82, 2.24) is 20.1 Å². The molecule has 1 aliphatic heterocycles. The molecule has 9 nitrogen and oxygen atoms in total. The van der Waals surface area contributed by atoms with Crippen LogP contribution in [0.3, 0.4) is 0 Å². The van der Waals surface area contributed by atoms with Gasteiger partial charge in [0.15, 0.2) is 11.0 Å². The Morgan fingerprint density at radius 2 is 1.88 bits per heavy atom. The van der Waals surface area contributed by atoms with E-state index >= 15 is 0 Å². The molecule has 1 saturated heterocycles. The molecular formula is C30H27F3N6O3S. The zero-order valence-electron chi connectivity index (χ0n) is 23.0. The van der Waals surface area contributed by atoms with Crippen molar-refractivity contribution in [3.8, 4) is 22.8 Å². The van der Waals surface area contributed by atoms with Gasteiger partial charge in [0.2, 0.25) is 5.91 Å². The number of nitrogens with one attached hydrogen (secondary N) is 1. The first-order chi connectivity index (χ1) is 20.7. The summed E-state index contributed by atoms with van der Waals surface area (Å²) in [5, 5.41) is 7.62. The van der Waals surface area contributed by atoms with E-state index in [1.165, 1.54) is 51.9 Å². The highest BCUT2D eigenvalue weighted by atomic mass is 32.2. The minimum Gasteiger partial charge on any atom is -0.406 e. The number of hydrogen-bond donors (Lipinski definition) is 1. The summed E-state index contributed by atoms with van der Waals surface area (Å²) < 4.78 is 42.6. The van der Waals surface area contributed by atoms with E-state index in [-0.39, 0.29) is 17.4 Å². The number of halogens is 3. The Bertz CT molecular complexity index is 1640. The number of aryl methyl sites for hydroxylation is 2. The first kappa shape index (κ1) is 29.8. The highest BCUT2D eigenvalue weighted by Crippen LogP contribution is 2.30. The van der Waals surface area contributed by atoms with Gasteiger partial charge in [0.1, 0.15) is 12.1 Å². The molecule has 0 bridgehead atoms. The number of aromatic nitrogens is 3. The molecule has 0 radical (unpaired) electrons. The van der Waals surface area contributed by atoms with Crippen LogP contribution in [0.15, 0.2) is 84.1 Å². The number of hydrogen-bond acceptors (Lipinski definition) is 6. The number of benzene rings is 3. The third-order valence-corrected chi connectivity index (χ3v) is 7.43. The van der Waals surface area contributed by atoms with E-state index in [1.807, 2.05) is 55.5 Å². The standard InChI is InChI=1S/C30H27F3N6O3S/c1-2-21-9-3-4-11-25(21)39-26(40)18-43-29(39)36-28(41)34-16-6-8-20-7-5-10-22(17-20)27-35-19-38(37-27)23-12-14-24(15-13-23)42-30(31,32)33/h3-5,7,9-15,17,19H,2,6,8,16,18H2,1H3,(H,34,41). The molecule has 222 valence electrons. The van der Waals surface area contributed by atoms with Gasteiger partial charge in [-0.2, -0.15) is 4.99 Å². The van der Waals surface area contributed by atoms with Gasteiger partial charge in [-0.05, 0) is 66.8 Å². The predicted molar refractivity (Wildman–Crippen MR) is 158 cm³/mol. The molecule has 3 amide bonds. The van der Waals surface area contributed by atoms with Crippen LogP contribution in [0.2, 0.25) is 0 Å². The summed E-state index contributed by atoms with van der Waals surface area (Å²) in [4.78, 5) is 35.1. The highest BCUT2D eigenvalue weighted by molar-refractivity contribution is 8.15. The Morgan fingerprint density at radius 3 is 2.65 bits per heavy atom. The normalized spacial score (nSPS) is 14.4. The van der Waals surface area contributed by atoms with Crippen molar-refractivity contribution in [2.24, 2.45) is 4.99 Å². The van der Waals surface area contributed by atoms with Gasteiger partial charge in [0.25, 0.3) is 0 Å². The number of urea groups is 1. The molecule has 0 atom stereocenters. The maximum absolute atomic E-state index is 12.6. The van der Waals surface area contributed by atoms with E-state index in [0.717, 1.165) is 28.8 Å². The Hall–Kier alpha value is -4.65. The minimum atomic E-state index is -4.76. The number of amidine groups is 1. The fourth-order valence-electron chi connectivity index (χ4n) is 4.51. The molecule has 1 N–H and O–H groups in total. The summed E-state index contributed by atoms with van der Waals surface area (Å²) in [5.41, 5.74) is 4.08. The van der Waals surface area contributed by atoms with Crippen molar-refractivity contribution >= 4 is 34.6 Å². The van der Waals surface area contributed by atoms with Crippen LogP contribution in [-0.4, -0.2) is 50.5 Å². The third-order valence-electron chi connectivity index (χ3n) is 6.51. The Kier molecular flexibility index (Phi) is 9.10. The first-order valence-electron chi connectivity index (χ1n) is 13.5. The van der Waals surface area contributed by atoms with Crippen LogP contribution in [0.25, 0.3) is 17.1 Å². The number of aliphatic imine (C=N–C) groups is 1. The number of amides is 3. The maximum Gasteiger partial charge on any atom is 0.573 e. The summed E-state index contributed by atoms with van der Waals surface area (Å²) in [5.74, 6) is 0.265. The molecule has 13 heteroatoms. The molecule has 1 aliphatic rings. The molecule has 5 rings (SSSR count). The molecule has 3 aromatic carbocycles. The number of rotatable bonds is 9. The number of ether oxygens (including phenoxy) is 1. The molecule has 43 heavy (non-hydrogen) atoms. The van der Waals surface area contributed by atoms with Crippen molar-refractivity contribution in [3.63, 3.8) is 0 Å². The Morgan fingerprint density at radius 1 is 1.09 bits per heavy atom. The second-order valence-corrected chi connectivity index (χ2v) is 10.4. The van der Waals surface area contributed by atoms with Gasteiger partial charge >= 0.3 is 12.4 Å². The molecule has 0 unspecified atom stereocenters. The van der Waals surface area contributed by atoms with Gasteiger partial charge in [0, 0.05) is 12.1 Å². The Balaban J connectivity index is 1.15. The molecular weight excluding hydrogens is 581 g/mol. The van der Waals surface area contributed by atoms with Crippen molar-refractivity contribution in [2.45, 2.75) is 32.5 Å². The van der Waals surface area contributed by atoms with E-state index < -0.39 is 12.4 Å². The number of anilines is 1. The number of alkyl halides is 3. The van der Waals surface area contributed by atoms with Crippen LogP contribution < -0.4 is 15.0 Å². The molecule has 1 fully saturated rings. The summed E-state index contributed by atoms with van der Waals surface area (Å²) in [7, 11) is 0. The lowest BCUT2D eigenvalue weighted by atomic mass is 10.1. The van der Waals surface area contributed by atoms with Crippen molar-refractivity contribution in [1.29, 1.82) is 0 Å². The van der Waals surface area contributed by atoms with Crippen molar-refractivity contribution in [2.75, 3.05) is 17.2 Å². The zero-order chi connectivity index (χ0) is 30.4. The average molecular weight is 609 g/mol. The molecule has 4 aromatic rings. The van der Waals surface area contributed by atoms with Crippen molar-refractivity contribution in [3.05, 3.63) is 90.3 Å². The lowest BCUT2D eigenvalue weighted by molar-refractivity contribution is -0.274. The molecule has 1 aromatic heterocycles. The van der Waals surface area contributed by atoms with Gasteiger partial charge in [-0.1, -0.05) is 55.1 Å². The van der Waals surface area contributed by atoms with Gasteiger partial charge in [-0.3, -0.25) is 9.69 Å². The van der Waals surface area contributed by atoms with Crippen molar-refractivity contribution < 1.29 is 27.5 Å². The second kappa shape index (κ2) is 13.1. The van der Waals surface area contributed by atoms with Crippen LogP contribution in [0.4, 0.5) is 23.7 Å². The Labute approximate surface area is 249 Å². The highest BCUT2D eigenvalue weighted by Gasteiger charge is 2.32. The second-order valence-electron chi connectivity index (χ2n) is 9.48. The fourth-order valence-corrected chi connectivity index (χ4v) is 5.37. The lowest BCUT2D eigenvalue weighted by Gasteiger charge is -2.19. The zero-order valence-corrected chi connectivity index (χ0v) is 23.9. The SMILES string of the molecule is CCc1ccccc1N1C(=O)CSC1=NC(=O)NCCCc1cccc(-c2ncn(-c3ccc(OC(F)(F)F)cc3)n2)c1. The maximum atomic E-state index is 12.6. The smallest absolute Gasteiger partial charge is 0.406 e. The van der Waals surface area contributed by atoms with Gasteiger partial charge in [-0.15, -0.1) is 18.3 Å². The summed E-state index contributed by atoms with van der Waals surface area (Å²) >= 11 is 1.24. The monoisotopic (exact) mass is 608 g/mol. The number of carbonyl (C=O) groups is 2. The first-order valence-corrected chi connectivity index (χ1v) is 14.5. The van der Waals surface area contributed by atoms with Crippen LogP contribution in [0.5, 0.6) is 5.75 Å². The summed E-state index contributed by atoms with van der Waals surface area (Å²) in [6.07, 6.45) is -1.19. The largest absolute Gasteiger partial charge is 0.573 e. The molecule has 0 saturated carbocycles. The quantitative estimate of drug-likeness (QED) is 0.228. The lowest BCUT2D eigenvalue weighted by Crippen LogP contribution is -2.32. The molecule has 0 spiro atoms. The molecule has 0 aliphatic carbocycles.